The summed E-state index contributed by atoms with van der Waals surface area (Å²) < 4.78 is 86.7. The SMILES string of the molecule is CCCC1CCC(c2ccc(CCC(F)(F)Oc3ccc(OC(F)(F)F)c(F)c3)cc2)CC1. The number of benzene rings is 2. The lowest BCUT2D eigenvalue weighted by Crippen LogP contribution is -2.25. The van der Waals surface area contributed by atoms with Crippen LogP contribution in [0.2, 0.25) is 0 Å². The van der Waals surface area contributed by atoms with Crippen molar-refractivity contribution in [3.63, 3.8) is 0 Å². The lowest BCUT2D eigenvalue weighted by molar-refractivity contribution is -0.275. The number of hydrogen-bond donors (Lipinski definition) is 0. The van der Waals surface area contributed by atoms with Gasteiger partial charge in [0.1, 0.15) is 5.75 Å². The molecule has 33 heavy (non-hydrogen) atoms. The molecule has 1 aliphatic rings. The molecule has 0 bridgehead atoms. The van der Waals surface area contributed by atoms with Crippen LogP contribution in [0, 0.1) is 11.7 Å². The van der Waals surface area contributed by atoms with Crippen LogP contribution in [0.15, 0.2) is 42.5 Å². The van der Waals surface area contributed by atoms with Crippen LogP contribution in [0.3, 0.4) is 0 Å². The lowest BCUT2D eigenvalue weighted by atomic mass is 9.77. The van der Waals surface area contributed by atoms with Gasteiger partial charge in [0.2, 0.25) is 0 Å². The number of rotatable bonds is 9. The van der Waals surface area contributed by atoms with Crippen LogP contribution >= 0.6 is 0 Å². The lowest BCUT2D eigenvalue weighted by Gasteiger charge is -2.28. The zero-order chi connectivity index (χ0) is 24.1. The van der Waals surface area contributed by atoms with Crippen molar-refractivity contribution < 1.29 is 35.8 Å². The Morgan fingerprint density at radius 3 is 2.12 bits per heavy atom. The molecule has 8 heteroatoms. The van der Waals surface area contributed by atoms with E-state index in [1.54, 1.807) is 0 Å². The highest BCUT2D eigenvalue weighted by Crippen LogP contribution is 2.38. The molecule has 0 N–H and O–H groups in total. The number of hydrogen-bond acceptors (Lipinski definition) is 2. The molecule has 1 fully saturated rings. The quantitative estimate of drug-likeness (QED) is 0.340. The summed E-state index contributed by atoms with van der Waals surface area (Å²) in [7, 11) is 0. The van der Waals surface area contributed by atoms with Gasteiger partial charge in [-0.3, -0.25) is 0 Å². The van der Waals surface area contributed by atoms with E-state index in [1.807, 2.05) is 24.3 Å². The van der Waals surface area contributed by atoms with Gasteiger partial charge in [0, 0.05) is 6.07 Å². The highest BCUT2D eigenvalue weighted by molar-refractivity contribution is 5.33. The summed E-state index contributed by atoms with van der Waals surface area (Å²) in [6, 6.07) is 9.52. The van der Waals surface area contributed by atoms with Gasteiger partial charge < -0.3 is 9.47 Å². The van der Waals surface area contributed by atoms with Crippen LogP contribution in [0.1, 0.15) is 68.9 Å². The molecule has 0 aromatic heterocycles. The number of ether oxygens (including phenoxy) is 2. The van der Waals surface area contributed by atoms with Crippen LogP contribution in [-0.4, -0.2) is 12.5 Å². The van der Waals surface area contributed by atoms with E-state index in [0.717, 1.165) is 30.4 Å². The third kappa shape index (κ3) is 7.86. The van der Waals surface area contributed by atoms with E-state index in [9.17, 15) is 26.3 Å². The highest BCUT2D eigenvalue weighted by atomic mass is 19.4. The fourth-order valence-electron chi connectivity index (χ4n) is 4.41. The number of aryl methyl sites for hydroxylation is 1. The molecule has 0 unspecified atom stereocenters. The van der Waals surface area contributed by atoms with Crippen molar-refractivity contribution in [2.75, 3.05) is 0 Å². The second-order valence-corrected chi connectivity index (χ2v) is 8.63. The Kier molecular flexibility index (Phi) is 8.19. The number of halogens is 6. The van der Waals surface area contributed by atoms with Gasteiger partial charge in [-0.2, -0.15) is 8.78 Å². The molecule has 0 radical (unpaired) electrons. The fraction of sp³-hybridized carbons (Fsp3) is 0.520. The summed E-state index contributed by atoms with van der Waals surface area (Å²) in [5, 5.41) is 0. The summed E-state index contributed by atoms with van der Waals surface area (Å²) in [5.74, 6) is -1.82. The van der Waals surface area contributed by atoms with Gasteiger partial charge in [0.05, 0.1) is 6.42 Å². The molecule has 0 aliphatic heterocycles. The van der Waals surface area contributed by atoms with Crippen LogP contribution in [0.4, 0.5) is 26.3 Å². The first-order valence-electron chi connectivity index (χ1n) is 11.3. The zero-order valence-electron chi connectivity index (χ0n) is 18.4. The standard InChI is InChI=1S/C25H28F6O2/c1-2-3-17-4-8-19(9-5-17)20-10-6-18(7-11-20)14-15-24(27,28)32-21-12-13-23(22(26)16-21)33-25(29,30)31/h6-7,10-13,16-17,19H,2-5,8-9,14-15H2,1H3. The third-order valence-corrected chi connectivity index (χ3v) is 6.10. The molecular formula is C25H28F6O2. The van der Waals surface area contributed by atoms with E-state index >= 15 is 0 Å². The normalized spacial score (nSPS) is 19.4. The Hall–Kier alpha value is -2.38. The minimum Gasteiger partial charge on any atom is -0.432 e. The minimum atomic E-state index is -5.09. The van der Waals surface area contributed by atoms with Gasteiger partial charge in [-0.15, -0.1) is 13.2 Å². The molecule has 3 rings (SSSR count). The summed E-state index contributed by atoms with van der Waals surface area (Å²) in [5.41, 5.74) is 1.95. The van der Waals surface area contributed by atoms with Crippen LogP contribution in [-0.2, 0) is 6.42 Å². The molecule has 1 saturated carbocycles. The molecular weight excluding hydrogens is 446 g/mol. The van der Waals surface area contributed by atoms with Crippen molar-refractivity contribution >= 4 is 0 Å². The fourth-order valence-corrected chi connectivity index (χ4v) is 4.41. The first-order chi connectivity index (χ1) is 15.5. The molecule has 1 aliphatic carbocycles. The maximum absolute atomic E-state index is 14.2. The molecule has 0 atom stereocenters. The van der Waals surface area contributed by atoms with Crippen molar-refractivity contribution in [3.05, 3.63) is 59.4 Å². The van der Waals surface area contributed by atoms with E-state index in [2.05, 4.69) is 16.4 Å². The van der Waals surface area contributed by atoms with Crippen LogP contribution in [0.5, 0.6) is 11.5 Å². The van der Waals surface area contributed by atoms with E-state index in [1.165, 1.54) is 31.2 Å². The average molecular weight is 474 g/mol. The smallest absolute Gasteiger partial charge is 0.432 e. The molecule has 0 saturated heterocycles. The molecule has 2 aromatic rings. The van der Waals surface area contributed by atoms with Crippen molar-refractivity contribution in [1.82, 2.24) is 0 Å². The van der Waals surface area contributed by atoms with E-state index < -0.39 is 36.2 Å². The maximum Gasteiger partial charge on any atom is 0.573 e. The summed E-state index contributed by atoms with van der Waals surface area (Å²) >= 11 is 0. The second-order valence-electron chi connectivity index (χ2n) is 8.63. The first kappa shape index (κ1) is 25.2. The molecule has 0 amide bonds. The van der Waals surface area contributed by atoms with E-state index in [-0.39, 0.29) is 6.42 Å². The molecule has 0 spiro atoms. The van der Waals surface area contributed by atoms with Crippen LogP contribution in [0.25, 0.3) is 0 Å². The van der Waals surface area contributed by atoms with Gasteiger partial charge in [-0.1, -0.05) is 44.0 Å². The Bertz CT molecular complexity index is 887. The van der Waals surface area contributed by atoms with Crippen molar-refractivity contribution in [2.24, 2.45) is 5.92 Å². The predicted molar refractivity (Wildman–Crippen MR) is 113 cm³/mol. The second kappa shape index (κ2) is 10.7. The van der Waals surface area contributed by atoms with Crippen molar-refractivity contribution in [1.29, 1.82) is 0 Å². The van der Waals surface area contributed by atoms with Crippen molar-refractivity contribution in [2.45, 2.75) is 76.7 Å². The number of alkyl halides is 5. The van der Waals surface area contributed by atoms with Gasteiger partial charge in [-0.25, -0.2) is 4.39 Å². The predicted octanol–water partition coefficient (Wildman–Crippen LogP) is 8.40. The topological polar surface area (TPSA) is 18.5 Å². The first-order valence-corrected chi connectivity index (χ1v) is 11.3. The van der Waals surface area contributed by atoms with Gasteiger partial charge in [-0.05, 0) is 67.2 Å². The van der Waals surface area contributed by atoms with E-state index in [0.29, 0.717) is 18.1 Å². The molecule has 2 aromatic carbocycles. The van der Waals surface area contributed by atoms with E-state index in [4.69, 9.17) is 0 Å². The van der Waals surface area contributed by atoms with Gasteiger partial charge in [0.15, 0.2) is 11.6 Å². The highest BCUT2D eigenvalue weighted by Gasteiger charge is 2.34. The summed E-state index contributed by atoms with van der Waals surface area (Å²) in [6.45, 7) is 2.21. The Balaban J connectivity index is 1.51. The third-order valence-electron chi connectivity index (χ3n) is 6.10. The monoisotopic (exact) mass is 474 g/mol. The Labute approximate surface area is 189 Å². The minimum absolute atomic E-state index is 0.0360. The average Bonchev–Trinajstić information content (AvgIpc) is 2.74. The summed E-state index contributed by atoms with van der Waals surface area (Å²) in [6.07, 6.45) is -2.07. The van der Waals surface area contributed by atoms with Gasteiger partial charge >= 0.3 is 12.5 Å². The molecule has 2 nitrogen and oxygen atoms in total. The van der Waals surface area contributed by atoms with Crippen molar-refractivity contribution in [3.8, 4) is 11.5 Å². The Morgan fingerprint density at radius 1 is 0.879 bits per heavy atom. The van der Waals surface area contributed by atoms with Gasteiger partial charge in [0.25, 0.3) is 0 Å². The maximum atomic E-state index is 14.2. The molecule has 182 valence electrons. The Morgan fingerprint density at radius 2 is 1.55 bits per heavy atom. The zero-order valence-corrected chi connectivity index (χ0v) is 18.4. The summed E-state index contributed by atoms with van der Waals surface area (Å²) in [4.78, 5) is 0. The largest absolute Gasteiger partial charge is 0.573 e. The van der Waals surface area contributed by atoms with Crippen LogP contribution < -0.4 is 9.47 Å². The molecule has 0 heterocycles.